The molecule has 0 saturated carbocycles. The predicted octanol–water partition coefficient (Wildman–Crippen LogP) is 3.37. The molecule has 1 amide bonds. The van der Waals surface area contributed by atoms with Gasteiger partial charge in [0.1, 0.15) is 5.82 Å². The van der Waals surface area contributed by atoms with Crippen LogP contribution in [0.5, 0.6) is 0 Å². The van der Waals surface area contributed by atoms with E-state index in [1.807, 2.05) is 18.2 Å². The zero-order chi connectivity index (χ0) is 17.3. The van der Waals surface area contributed by atoms with Gasteiger partial charge in [-0.3, -0.25) is 14.2 Å². The van der Waals surface area contributed by atoms with Crippen molar-refractivity contribution in [3.8, 4) is 0 Å². The first-order chi connectivity index (χ1) is 11.5. The molecule has 0 aliphatic rings. The molecule has 122 valence electrons. The number of fused-ring (bicyclic) bond motifs is 1. The van der Waals surface area contributed by atoms with Gasteiger partial charge in [-0.05, 0) is 36.8 Å². The summed E-state index contributed by atoms with van der Waals surface area (Å²) >= 11 is 6.20. The molecule has 0 atom stereocenters. The van der Waals surface area contributed by atoms with Crippen molar-refractivity contribution in [2.45, 2.75) is 20.4 Å². The first kappa shape index (κ1) is 16.2. The summed E-state index contributed by atoms with van der Waals surface area (Å²) < 4.78 is 1.58. The topological polar surface area (TPSA) is 64.0 Å². The van der Waals surface area contributed by atoms with Crippen LogP contribution in [0, 0.1) is 6.92 Å². The van der Waals surface area contributed by atoms with Crippen molar-refractivity contribution in [3.63, 3.8) is 0 Å². The molecule has 0 aliphatic heterocycles. The number of hydrogen-bond donors (Lipinski definition) is 1. The third kappa shape index (κ3) is 3.16. The highest BCUT2D eigenvalue weighted by Gasteiger charge is 2.11. The summed E-state index contributed by atoms with van der Waals surface area (Å²) in [4.78, 5) is 28.6. The summed E-state index contributed by atoms with van der Waals surface area (Å²) in [5.74, 6) is 0.422. The maximum atomic E-state index is 12.9. The Labute approximate surface area is 143 Å². The van der Waals surface area contributed by atoms with E-state index in [-0.39, 0.29) is 11.5 Å². The van der Waals surface area contributed by atoms with Gasteiger partial charge in [-0.15, -0.1) is 0 Å². The van der Waals surface area contributed by atoms with E-state index in [1.165, 1.54) is 6.92 Å². The highest BCUT2D eigenvalue weighted by Crippen LogP contribution is 2.18. The summed E-state index contributed by atoms with van der Waals surface area (Å²) in [5.41, 5.74) is 1.86. The van der Waals surface area contributed by atoms with E-state index in [2.05, 4.69) is 10.3 Å². The normalized spacial score (nSPS) is 10.8. The molecular weight excluding hydrogens is 326 g/mol. The number of aromatic nitrogens is 2. The Morgan fingerprint density at radius 3 is 2.71 bits per heavy atom. The quantitative estimate of drug-likeness (QED) is 0.794. The molecule has 0 unspecified atom stereocenters. The fourth-order valence-electron chi connectivity index (χ4n) is 2.60. The summed E-state index contributed by atoms with van der Waals surface area (Å²) in [6, 6.07) is 12.5. The smallest absolute Gasteiger partial charge is 0.261 e. The van der Waals surface area contributed by atoms with E-state index in [9.17, 15) is 9.59 Å². The van der Waals surface area contributed by atoms with Crippen LogP contribution in [0.25, 0.3) is 10.9 Å². The van der Waals surface area contributed by atoms with E-state index in [4.69, 9.17) is 11.6 Å². The van der Waals surface area contributed by atoms with Crippen LogP contribution in [0.2, 0.25) is 5.02 Å². The van der Waals surface area contributed by atoms with Crippen molar-refractivity contribution in [2.75, 3.05) is 5.32 Å². The molecule has 1 heterocycles. The van der Waals surface area contributed by atoms with E-state index < -0.39 is 0 Å². The SMILES string of the molecule is CC(=O)Nc1ccc2nc(C)n(Cc3ccccc3Cl)c(=O)c2c1. The number of carbonyl (C=O) groups is 1. The number of nitrogens with one attached hydrogen (secondary N) is 1. The second-order valence-corrected chi connectivity index (χ2v) is 5.96. The molecular formula is C18H16ClN3O2. The molecule has 5 nitrogen and oxygen atoms in total. The Morgan fingerprint density at radius 2 is 2.00 bits per heavy atom. The van der Waals surface area contributed by atoms with Gasteiger partial charge in [0.2, 0.25) is 5.91 Å². The second kappa shape index (κ2) is 6.45. The van der Waals surface area contributed by atoms with Crippen LogP contribution < -0.4 is 10.9 Å². The van der Waals surface area contributed by atoms with Gasteiger partial charge < -0.3 is 5.32 Å². The van der Waals surface area contributed by atoms with Crippen molar-refractivity contribution >= 4 is 34.1 Å². The summed E-state index contributed by atoms with van der Waals surface area (Å²) in [6.07, 6.45) is 0. The van der Waals surface area contributed by atoms with Crippen LogP contribution in [-0.2, 0) is 11.3 Å². The van der Waals surface area contributed by atoms with Crippen LogP contribution in [0.1, 0.15) is 18.3 Å². The molecule has 2 aromatic carbocycles. The highest BCUT2D eigenvalue weighted by atomic mass is 35.5. The van der Waals surface area contributed by atoms with Gasteiger partial charge in [-0.2, -0.15) is 0 Å². The summed E-state index contributed by atoms with van der Waals surface area (Å²) in [6.45, 7) is 3.56. The van der Waals surface area contributed by atoms with Gasteiger partial charge in [0.05, 0.1) is 17.4 Å². The van der Waals surface area contributed by atoms with Gasteiger partial charge in [0.15, 0.2) is 0 Å². The largest absolute Gasteiger partial charge is 0.326 e. The second-order valence-electron chi connectivity index (χ2n) is 5.55. The molecule has 3 aromatic rings. The average molecular weight is 342 g/mol. The maximum absolute atomic E-state index is 12.9. The van der Waals surface area contributed by atoms with Crippen molar-refractivity contribution in [1.82, 2.24) is 9.55 Å². The van der Waals surface area contributed by atoms with Crippen molar-refractivity contribution in [1.29, 1.82) is 0 Å². The van der Waals surface area contributed by atoms with Crippen LogP contribution >= 0.6 is 11.6 Å². The molecule has 3 rings (SSSR count). The molecule has 6 heteroatoms. The number of rotatable bonds is 3. The Balaban J connectivity index is 2.12. The van der Waals surface area contributed by atoms with Gasteiger partial charge in [-0.1, -0.05) is 29.8 Å². The van der Waals surface area contributed by atoms with Gasteiger partial charge in [0, 0.05) is 17.6 Å². The fourth-order valence-corrected chi connectivity index (χ4v) is 2.79. The van der Waals surface area contributed by atoms with Crippen LogP contribution in [-0.4, -0.2) is 15.5 Å². The molecule has 1 N–H and O–H groups in total. The molecule has 0 bridgehead atoms. The van der Waals surface area contributed by atoms with Crippen molar-refractivity contribution < 1.29 is 4.79 Å². The number of benzene rings is 2. The molecule has 0 spiro atoms. The molecule has 0 radical (unpaired) electrons. The van der Waals surface area contributed by atoms with E-state index in [0.29, 0.717) is 34.0 Å². The van der Waals surface area contributed by atoms with E-state index in [0.717, 1.165) is 5.56 Å². The maximum Gasteiger partial charge on any atom is 0.261 e. The zero-order valence-corrected chi connectivity index (χ0v) is 14.1. The lowest BCUT2D eigenvalue weighted by Gasteiger charge is -2.12. The molecule has 0 aliphatic carbocycles. The number of carbonyl (C=O) groups excluding carboxylic acids is 1. The lowest BCUT2D eigenvalue weighted by atomic mass is 10.2. The number of amides is 1. The average Bonchev–Trinajstić information content (AvgIpc) is 2.53. The molecule has 0 fully saturated rings. The van der Waals surface area contributed by atoms with Crippen LogP contribution in [0.15, 0.2) is 47.3 Å². The lowest BCUT2D eigenvalue weighted by Crippen LogP contribution is -2.24. The number of nitrogens with zero attached hydrogens (tertiary/aromatic N) is 2. The third-order valence-corrected chi connectivity index (χ3v) is 4.12. The number of anilines is 1. The minimum atomic E-state index is -0.189. The molecule has 0 saturated heterocycles. The summed E-state index contributed by atoms with van der Waals surface area (Å²) in [5, 5.41) is 3.75. The van der Waals surface area contributed by atoms with Gasteiger partial charge >= 0.3 is 0 Å². The Morgan fingerprint density at radius 1 is 1.25 bits per heavy atom. The zero-order valence-electron chi connectivity index (χ0n) is 13.3. The third-order valence-electron chi connectivity index (χ3n) is 3.75. The highest BCUT2D eigenvalue weighted by molar-refractivity contribution is 6.31. The Kier molecular flexibility index (Phi) is 4.36. The van der Waals surface area contributed by atoms with Crippen molar-refractivity contribution in [2.24, 2.45) is 0 Å². The van der Waals surface area contributed by atoms with Crippen LogP contribution in [0.3, 0.4) is 0 Å². The van der Waals surface area contributed by atoms with E-state index in [1.54, 1.807) is 35.8 Å². The number of hydrogen-bond acceptors (Lipinski definition) is 3. The monoisotopic (exact) mass is 341 g/mol. The van der Waals surface area contributed by atoms with Crippen molar-refractivity contribution in [3.05, 3.63) is 69.2 Å². The molecule has 24 heavy (non-hydrogen) atoms. The van der Waals surface area contributed by atoms with E-state index >= 15 is 0 Å². The van der Waals surface area contributed by atoms with Gasteiger partial charge in [-0.25, -0.2) is 4.98 Å². The molecule has 1 aromatic heterocycles. The minimum absolute atomic E-state index is 0.162. The first-order valence-electron chi connectivity index (χ1n) is 7.48. The Bertz CT molecular complexity index is 995. The van der Waals surface area contributed by atoms with Gasteiger partial charge in [0.25, 0.3) is 5.56 Å². The van der Waals surface area contributed by atoms with Crippen LogP contribution in [0.4, 0.5) is 5.69 Å². The number of halogens is 1. The Hall–Kier alpha value is -2.66. The standard InChI is InChI=1S/C18H16ClN3O2/c1-11-20-17-8-7-14(21-12(2)23)9-15(17)18(24)22(11)10-13-5-3-4-6-16(13)19/h3-9H,10H2,1-2H3,(H,21,23). The summed E-state index contributed by atoms with van der Waals surface area (Å²) in [7, 11) is 0. The number of aryl methyl sites for hydroxylation is 1. The predicted molar refractivity (Wildman–Crippen MR) is 95.6 cm³/mol. The first-order valence-corrected chi connectivity index (χ1v) is 7.85. The fraction of sp³-hybridized carbons (Fsp3) is 0.167. The lowest BCUT2D eigenvalue weighted by molar-refractivity contribution is -0.114. The minimum Gasteiger partial charge on any atom is -0.326 e.